The maximum absolute atomic E-state index is 13.0. The average Bonchev–Trinajstić information content (AvgIpc) is 3.03. The van der Waals surface area contributed by atoms with E-state index in [4.69, 9.17) is 42.1 Å². The molecule has 5 rings (SSSR count). The van der Waals surface area contributed by atoms with E-state index >= 15 is 0 Å². The van der Waals surface area contributed by atoms with E-state index in [0.29, 0.717) is 41.2 Å². The second kappa shape index (κ2) is 14.6. The molecule has 1 aliphatic rings. The first kappa shape index (κ1) is 31.3. The highest BCUT2D eigenvalue weighted by molar-refractivity contribution is 14.1. The Bertz CT molecular complexity index is 1570. The summed E-state index contributed by atoms with van der Waals surface area (Å²) in [6.07, 6.45) is 1.11. The standard InChI is InChI=1S/C34H32Cl2INO5/c1-3-16-38(29-7-5-4-6-28(29)37)30(34(39)40-2)18-22-9-15-31-32(19-22)42-21-33(43-31)24-10-12-25(13-11-24)41-20-23-8-14-26(35)27(36)17-23/h4-15,17,19,30,33H,3,16,18,20-21H2,1-2H3. The van der Waals surface area contributed by atoms with Crippen LogP contribution in [0, 0.1) is 3.57 Å². The van der Waals surface area contributed by atoms with E-state index in [9.17, 15) is 4.79 Å². The van der Waals surface area contributed by atoms with Crippen LogP contribution in [0.1, 0.15) is 36.1 Å². The van der Waals surface area contributed by atoms with Gasteiger partial charge in [-0.3, -0.25) is 0 Å². The number of rotatable bonds is 11. The molecule has 0 amide bonds. The predicted octanol–water partition coefficient (Wildman–Crippen LogP) is 8.69. The molecule has 4 aromatic rings. The molecule has 9 heteroatoms. The number of esters is 1. The lowest BCUT2D eigenvalue weighted by atomic mass is 10.0. The second-order valence-corrected chi connectivity index (χ2v) is 12.2. The van der Waals surface area contributed by atoms with Gasteiger partial charge in [-0.2, -0.15) is 0 Å². The van der Waals surface area contributed by atoms with Gasteiger partial charge in [0.1, 0.15) is 25.0 Å². The Morgan fingerprint density at radius 3 is 2.47 bits per heavy atom. The monoisotopic (exact) mass is 731 g/mol. The third kappa shape index (κ3) is 7.69. The van der Waals surface area contributed by atoms with Gasteiger partial charge in [-0.25, -0.2) is 4.79 Å². The molecule has 4 aromatic carbocycles. The van der Waals surface area contributed by atoms with Gasteiger partial charge in [-0.1, -0.05) is 66.5 Å². The minimum Gasteiger partial charge on any atom is -0.489 e. The SMILES string of the molecule is CCCN(c1ccccc1I)C(Cc1ccc2c(c1)OCC(c1ccc(OCc3ccc(Cl)c(Cl)c3)cc1)O2)C(=O)OC. The Morgan fingerprint density at radius 2 is 1.74 bits per heavy atom. The molecule has 6 nitrogen and oxygen atoms in total. The van der Waals surface area contributed by atoms with Crippen molar-refractivity contribution in [3.8, 4) is 17.2 Å². The van der Waals surface area contributed by atoms with Crippen molar-refractivity contribution in [1.82, 2.24) is 0 Å². The number of para-hydroxylation sites is 1. The summed E-state index contributed by atoms with van der Waals surface area (Å²) in [5.74, 6) is 1.79. The number of halogens is 3. The van der Waals surface area contributed by atoms with Gasteiger partial charge in [0.15, 0.2) is 17.6 Å². The molecule has 2 atom stereocenters. The van der Waals surface area contributed by atoms with Crippen LogP contribution in [0.3, 0.4) is 0 Å². The second-order valence-electron chi connectivity index (χ2n) is 10.2. The van der Waals surface area contributed by atoms with Crippen molar-refractivity contribution in [2.24, 2.45) is 0 Å². The lowest BCUT2D eigenvalue weighted by Crippen LogP contribution is -2.44. The van der Waals surface area contributed by atoms with E-state index < -0.39 is 6.04 Å². The maximum atomic E-state index is 13.0. The number of fused-ring (bicyclic) bond motifs is 1. The van der Waals surface area contributed by atoms with Crippen LogP contribution in [0.5, 0.6) is 17.2 Å². The zero-order chi connectivity index (χ0) is 30.3. The van der Waals surface area contributed by atoms with Crippen LogP contribution in [0.15, 0.2) is 84.9 Å². The molecule has 0 N–H and O–H groups in total. The molecule has 224 valence electrons. The average molecular weight is 732 g/mol. The Kier molecular flexibility index (Phi) is 10.6. The number of ether oxygens (including phenoxy) is 4. The summed E-state index contributed by atoms with van der Waals surface area (Å²) in [6, 6.07) is 26.7. The van der Waals surface area contributed by atoms with Crippen molar-refractivity contribution in [3.05, 3.63) is 115 Å². The first-order chi connectivity index (χ1) is 20.9. The Labute approximate surface area is 275 Å². The lowest BCUT2D eigenvalue weighted by molar-refractivity contribution is -0.142. The molecular weight excluding hydrogens is 700 g/mol. The zero-order valence-corrected chi connectivity index (χ0v) is 27.6. The highest BCUT2D eigenvalue weighted by Gasteiger charge is 2.29. The van der Waals surface area contributed by atoms with Crippen molar-refractivity contribution in [2.45, 2.75) is 38.5 Å². The Hall–Kier alpha value is -3.14. The number of nitrogens with zero attached hydrogens (tertiary/aromatic N) is 1. The third-order valence-electron chi connectivity index (χ3n) is 7.21. The van der Waals surface area contributed by atoms with Gasteiger partial charge in [-0.05, 0) is 94.2 Å². The summed E-state index contributed by atoms with van der Waals surface area (Å²) >= 11 is 14.4. The van der Waals surface area contributed by atoms with Crippen LogP contribution < -0.4 is 19.1 Å². The summed E-state index contributed by atoms with van der Waals surface area (Å²) in [4.78, 5) is 15.2. The number of hydrogen-bond donors (Lipinski definition) is 0. The van der Waals surface area contributed by atoms with Gasteiger partial charge in [-0.15, -0.1) is 0 Å². The van der Waals surface area contributed by atoms with Crippen molar-refractivity contribution in [2.75, 3.05) is 25.2 Å². The highest BCUT2D eigenvalue weighted by atomic mass is 127. The summed E-state index contributed by atoms with van der Waals surface area (Å²) in [5, 5.41) is 1.02. The van der Waals surface area contributed by atoms with Gasteiger partial charge in [0.25, 0.3) is 0 Å². The normalized spacial score (nSPS) is 14.6. The zero-order valence-electron chi connectivity index (χ0n) is 23.9. The number of benzene rings is 4. The number of anilines is 1. The molecule has 0 fully saturated rings. The molecule has 1 aliphatic heterocycles. The predicted molar refractivity (Wildman–Crippen MR) is 179 cm³/mol. The van der Waals surface area contributed by atoms with E-state index in [2.05, 4.69) is 34.4 Å². The first-order valence-electron chi connectivity index (χ1n) is 14.0. The minimum absolute atomic E-state index is 0.259. The topological polar surface area (TPSA) is 57.2 Å². The number of hydrogen-bond acceptors (Lipinski definition) is 6. The van der Waals surface area contributed by atoms with E-state index in [1.807, 2.05) is 72.8 Å². The van der Waals surface area contributed by atoms with Crippen molar-refractivity contribution < 1.29 is 23.7 Å². The van der Waals surface area contributed by atoms with E-state index in [0.717, 1.165) is 44.7 Å². The Balaban J connectivity index is 1.25. The van der Waals surface area contributed by atoms with E-state index in [1.165, 1.54) is 7.11 Å². The van der Waals surface area contributed by atoms with Crippen LogP contribution in [0.2, 0.25) is 10.0 Å². The first-order valence-corrected chi connectivity index (χ1v) is 15.9. The Morgan fingerprint density at radius 1 is 0.977 bits per heavy atom. The molecule has 0 aliphatic carbocycles. The minimum atomic E-state index is -0.478. The number of methoxy groups -OCH3 is 1. The molecule has 0 radical (unpaired) electrons. The molecule has 1 heterocycles. The summed E-state index contributed by atoms with van der Waals surface area (Å²) < 4.78 is 24.7. The van der Waals surface area contributed by atoms with Gasteiger partial charge in [0.2, 0.25) is 0 Å². The summed E-state index contributed by atoms with van der Waals surface area (Å²) in [7, 11) is 1.44. The largest absolute Gasteiger partial charge is 0.489 e. The van der Waals surface area contributed by atoms with Crippen molar-refractivity contribution >= 4 is 57.4 Å². The van der Waals surface area contributed by atoms with E-state index in [-0.39, 0.29) is 12.1 Å². The van der Waals surface area contributed by atoms with Crippen LogP contribution in [0.4, 0.5) is 5.69 Å². The smallest absolute Gasteiger partial charge is 0.328 e. The van der Waals surface area contributed by atoms with Crippen molar-refractivity contribution in [3.63, 3.8) is 0 Å². The molecule has 0 spiro atoms. The summed E-state index contributed by atoms with van der Waals surface area (Å²) in [6.45, 7) is 3.58. The molecule has 0 aromatic heterocycles. The van der Waals surface area contributed by atoms with Crippen LogP contribution in [-0.2, 0) is 22.6 Å². The number of carbonyl (C=O) groups excluding carboxylic acids is 1. The van der Waals surface area contributed by atoms with Crippen LogP contribution in [-0.4, -0.2) is 32.3 Å². The van der Waals surface area contributed by atoms with Gasteiger partial charge in [0.05, 0.1) is 22.8 Å². The number of carbonyl (C=O) groups is 1. The highest BCUT2D eigenvalue weighted by Crippen LogP contribution is 2.38. The van der Waals surface area contributed by atoms with Gasteiger partial charge in [0, 0.05) is 16.5 Å². The molecule has 0 bridgehead atoms. The van der Waals surface area contributed by atoms with E-state index in [1.54, 1.807) is 12.1 Å². The fraction of sp³-hybridized carbons (Fsp3) is 0.265. The van der Waals surface area contributed by atoms with Crippen LogP contribution >= 0.6 is 45.8 Å². The van der Waals surface area contributed by atoms with Gasteiger partial charge < -0.3 is 23.8 Å². The van der Waals surface area contributed by atoms with Crippen LogP contribution in [0.25, 0.3) is 0 Å². The molecule has 0 saturated heterocycles. The fourth-order valence-electron chi connectivity index (χ4n) is 5.03. The van der Waals surface area contributed by atoms with Gasteiger partial charge >= 0.3 is 5.97 Å². The molecular formula is C34H32Cl2INO5. The quantitative estimate of drug-likeness (QED) is 0.114. The third-order valence-corrected chi connectivity index (χ3v) is 8.87. The summed E-state index contributed by atoms with van der Waals surface area (Å²) in [5.41, 5.74) is 3.90. The molecule has 0 saturated carbocycles. The fourth-order valence-corrected chi connectivity index (χ4v) is 6.05. The lowest BCUT2D eigenvalue weighted by Gasteiger charge is -2.33. The molecule has 43 heavy (non-hydrogen) atoms. The molecule has 2 unspecified atom stereocenters. The van der Waals surface area contributed by atoms with Crippen molar-refractivity contribution in [1.29, 1.82) is 0 Å². The maximum Gasteiger partial charge on any atom is 0.328 e.